The first-order chi connectivity index (χ1) is 19.5. The van der Waals surface area contributed by atoms with E-state index in [2.05, 4.69) is 10.00 Å². The van der Waals surface area contributed by atoms with Gasteiger partial charge in [-0.15, -0.1) is 0 Å². The molecule has 0 bridgehead atoms. The molecule has 1 amide bonds. The Morgan fingerprint density at radius 2 is 1.98 bits per heavy atom. The summed E-state index contributed by atoms with van der Waals surface area (Å²) in [5, 5.41) is 6.20. The van der Waals surface area contributed by atoms with Crippen molar-refractivity contribution >= 4 is 33.7 Å². The van der Waals surface area contributed by atoms with Crippen LogP contribution in [0.4, 0.5) is 10.5 Å². The Hall–Kier alpha value is -4.19. The first kappa shape index (κ1) is 28.3. The number of rotatable bonds is 7. The number of aryl methyl sites for hydroxylation is 2. The fraction of sp³-hybridized carbons (Fsp3) is 0.483. The van der Waals surface area contributed by atoms with Crippen molar-refractivity contribution in [3.8, 4) is 23.0 Å². The predicted octanol–water partition coefficient (Wildman–Crippen LogP) is 4.32. The fourth-order valence-electron chi connectivity index (χ4n) is 5.10. The second-order valence-electron chi connectivity index (χ2n) is 11.3. The van der Waals surface area contributed by atoms with Crippen molar-refractivity contribution in [2.45, 2.75) is 45.8 Å². The maximum atomic E-state index is 12.6. The van der Waals surface area contributed by atoms with E-state index in [0.29, 0.717) is 40.6 Å². The summed E-state index contributed by atoms with van der Waals surface area (Å²) in [5.41, 5.74) is 3.25. The second-order valence-corrected chi connectivity index (χ2v) is 11.3. The van der Waals surface area contributed by atoms with Crippen LogP contribution in [0.5, 0.6) is 11.6 Å². The molecule has 4 aromatic rings. The highest BCUT2D eigenvalue weighted by molar-refractivity contribution is 5.92. The van der Waals surface area contributed by atoms with Gasteiger partial charge < -0.3 is 28.7 Å². The van der Waals surface area contributed by atoms with Crippen molar-refractivity contribution in [2.75, 3.05) is 46.0 Å². The molecule has 0 N–H and O–H groups in total. The smallest absolute Gasteiger partial charge is 0.410 e. The molecule has 1 atom stereocenters. The Morgan fingerprint density at radius 3 is 2.68 bits per heavy atom. The zero-order chi connectivity index (χ0) is 29.5. The topological polar surface area (TPSA) is 117 Å². The molecule has 1 unspecified atom stereocenters. The van der Waals surface area contributed by atoms with Crippen molar-refractivity contribution in [1.82, 2.24) is 29.6 Å². The Labute approximate surface area is 239 Å². The molecule has 1 aromatic carbocycles. The molecule has 1 fully saturated rings. The first-order valence-corrected chi connectivity index (χ1v) is 13.5. The zero-order valence-electron chi connectivity index (χ0n) is 24.9. The van der Waals surface area contributed by atoms with Crippen LogP contribution in [0.25, 0.3) is 33.3 Å². The van der Waals surface area contributed by atoms with Crippen LogP contribution in [0.3, 0.4) is 0 Å². The molecule has 0 aliphatic carbocycles. The molecule has 1 aliphatic heterocycles. The summed E-state index contributed by atoms with van der Waals surface area (Å²) in [6, 6.07) is 3.97. The molecule has 1 saturated heterocycles. The van der Waals surface area contributed by atoms with E-state index in [0.717, 1.165) is 35.1 Å². The lowest BCUT2D eigenvalue weighted by molar-refractivity contribution is 0.0238. The molecule has 12 nitrogen and oxygen atoms in total. The minimum Gasteiger partial charge on any atom is -0.480 e. The third-order valence-electron chi connectivity index (χ3n) is 7.11. The van der Waals surface area contributed by atoms with Crippen molar-refractivity contribution in [1.29, 1.82) is 0 Å². The largest absolute Gasteiger partial charge is 0.480 e. The normalized spacial score (nSPS) is 15.5. The summed E-state index contributed by atoms with van der Waals surface area (Å²) in [6.45, 7) is 9.06. The number of hydrogen-bond acceptors (Lipinski definition) is 10. The Kier molecular flexibility index (Phi) is 7.60. The second kappa shape index (κ2) is 11.0. The number of aromatic nitrogens is 5. The maximum Gasteiger partial charge on any atom is 0.410 e. The van der Waals surface area contributed by atoms with Crippen LogP contribution >= 0.6 is 0 Å². The third-order valence-corrected chi connectivity index (χ3v) is 7.11. The van der Waals surface area contributed by atoms with Crippen LogP contribution in [0.1, 0.15) is 32.8 Å². The molecule has 0 saturated carbocycles. The number of hydrogen-bond donors (Lipinski definition) is 0. The van der Waals surface area contributed by atoms with E-state index >= 15 is 0 Å². The number of carbonyl (C=O) groups excluding carboxylic acids is 1. The molecular formula is C29H37N7O5. The Bertz CT molecular complexity index is 1600. The van der Waals surface area contributed by atoms with Gasteiger partial charge in [0.25, 0.3) is 0 Å². The molecule has 3 aromatic heterocycles. The van der Waals surface area contributed by atoms with E-state index in [1.54, 1.807) is 37.0 Å². The van der Waals surface area contributed by atoms with E-state index in [-0.39, 0.29) is 18.9 Å². The van der Waals surface area contributed by atoms with Crippen molar-refractivity contribution in [3.05, 3.63) is 30.1 Å². The number of amides is 1. The average molecular weight is 564 g/mol. The number of pyridine rings is 1. The third kappa shape index (κ3) is 5.69. The molecule has 4 heterocycles. The SMILES string of the molecule is COCOc1c(-c2nc(OC)c3cc(N4CCC(N(C)C(=O)OC(C)(C)C)C4)cnc3n2)cc2cn(C)nc2c1C. The molecule has 41 heavy (non-hydrogen) atoms. The van der Waals surface area contributed by atoms with Crippen LogP contribution in [-0.2, 0) is 16.5 Å². The summed E-state index contributed by atoms with van der Waals surface area (Å²) in [5.74, 6) is 1.42. The predicted molar refractivity (Wildman–Crippen MR) is 155 cm³/mol. The lowest BCUT2D eigenvalue weighted by Gasteiger charge is -2.28. The van der Waals surface area contributed by atoms with Gasteiger partial charge in [-0.2, -0.15) is 10.1 Å². The summed E-state index contributed by atoms with van der Waals surface area (Å²) < 4.78 is 24.2. The molecule has 5 rings (SSSR count). The summed E-state index contributed by atoms with van der Waals surface area (Å²) in [7, 11) is 6.82. The number of ether oxygens (including phenoxy) is 4. The van der Waals surface area contributed by atoms with Gasteiger partial charge >= 0.3 is 6.09 Å². The van der Waals surface area contributed by atoms with Gasteiger partial charge in [0.15, 0.2) is 18.3 Å². The first-order valence-electron chi connectivity index (χ1n) is 13.5. The van der Waals surface area contributed by atoms with Gasteiger partial charge in [-0.1, -0.05) is 0 Å². The molecule has 0 spiro atoms. The van der Waals surface area contributed by atoms with Crippen molar-refractivity contribution in [2.24, 2.45) is 7.05 Å². The van der Waals surface area contributed by atoms with Gasteiger partial charge in [-0.3, -0.25) is 4.68 Å². The van der Waals surface area contributed by atoms with Gasteiger partial charge in [0, 0.05) is 51.4 Å². The van der Waals surface area contributed by atoms with E-state index in [9.17, 15) is 4.79 Å². The number of carbonyl (C=O) groups is 1. The molecule has 0 radical (unpaired) electrons. The number of nitrogens with zero attached hydrogens (tertiary/aromatic N) is 7. The van der Waals surface area contributed by atoms with E-state index in [4.69, 9.17) is 33.9 Å². The van der Waals surface area contributed by atoms with Crippen LogP contribution in [0.15, 0.2) is 24.5 Å². The van der Waals surface area contributed by atoms with E-state index in [1.807, 2.05) is 53.1 Å². The molecule has 12 heteroatoms. The lowest BCUT2D eigenvalue weighted by atomic mass is 10.0. The molecular weight excluding hydrogens is 526 g/mol. The van der Waals surface area contributed by atoms with Crippen LogP contribution in [-0.4, -0.2) is 88.5 Å². The van der Waals surface area contributed by atoms with Crippen LogP contribution < -0.4 is 14.4 Å². The summed E-state index contributed by atoms with van der Waals surface area (Å²) >= 11 is 0. The highest BCUT2D eigenvalue weighted by atomic mass is 16.7. The van der Waals surface area contributed by atoms with E-state index in [1.165, 1.54) is 0 Å². The van der Waals surface area contributed by atoms with Crippen molar-refractivity contribution < 1.29 is 23.7 Å². The zero-order valence-corrected chi connectivity index (χ0v) is 24.9. The highest BCUT2D eigenvalue weighted by Crippen LogP contribution is 2.38. The number of anilines is 1. The van der Waals surface area contributed by atoms with Gasteiger partial charge in [-0.25, -0.2) is 14.8 Å². The van der Waals surface area contributed by atoms with Gasteiger partial charge in [0.2, 0.25) is 5.88 Å². The number of likely N-dealkylation sites (N-methyl/N-ethyl adjacent to an activating group) is 1. The Balaban J connectivity index is 1.48. The monoisotopic (exact) mass is 563 g/mol. The number of fused-ring (bicyclic) bond motifs is 2. The summed E-state index contributed by atoms with van der Waals surface area (Å²) in [6.07, 6.45) is 4.24. The standard InChI is InChI=1S/C29H37N7O5/c1-17-23-18(14-34(5)33-23)11-21(24(17)40-16-38-7)26-31-25-22(27(32-26)39-8)12-20(13-30-25)36-10-9-19(15-36)35(6)28(37)41-29(2,3)4/h11-14,19H,9-10,15-16H2,1-8H3. The maximum absolute atomic E-state index is 12.6. The highest BCUT2D eigenvalue weighted by Gasteiger charge is 2.31. The van der Waals surface area contributed by atoms with Crippen LogP contribution in [0, 0.1) is 6.92 Å². The van der Waals surface area contributed by atoms with Crippen LogP contribution in [0.2, 0.25) is 0 Å². The quantitative estimate of drug-likeness (QED) is 0.301. The minimum absolute atomic E-state index is 0.0252. The summed E-state index contributed by atoms with van der Waals surface area (Å²) in [4.78, 5) is 30.7. The number of benzene rings is 1. The average Bonchev–Trinajstić information content (AvgIpc) is 3.57. The van der Waals surface area contributed by atoms with E-state index < -0.39 is 5.60 Å². The minimum atomic E-state index is -0.541. The van der Waals surface area contributed by atoms with Crippen molar-refractivity contribution in [3.63, 3.8) is 0 Å². The lowest BCUT2D eigenvalue weighted by Crippen LogP contribution is -2.42. The molecule has 218 valence electrons. The Morgan fingerprint density at radius 1 is 1.20 bits per heavy atom. The van der Waals surface area contributed by atoms with Gasteiger partial charge in [0.05, 0.1) is 41.5 Å². The molecule has 1 aliphatic rings. The number of methoxy groups -OCH3 is 2. The fourth-order valence-corrected chi connectivity index (χ4v) is 5.10. The van der Waals surface area contributed by atoms with Gasteiger partial charge in [-0.05, 0) is 46.2 Å². The van der Waals surface area contributed by atoms with Gasteiger partial charge in [0.1, 0.15) is 11.4 Å².